The van der Waals surface area contributed by atoms with Gasteiger partial charge in [0.1, 0.15) is 0 Å². The Bertz CT molecular complexity index is 8620. The number of rotatable bonds is 10. The molecule has 3 heteroatoms. The van der Waals surface area contributed by atoms with E-state index in [2.05, 4.69) is 509 Å². The first-order valence-electron chi connectivity index (χ1n) is 44.9. The van der Waals surface area contributed by atoms with Gasteiger partial charge in [-0.05, 0) is 300 Å². The molecule has 0 saturated carbocycles. The summed E-state index contributed by atoms with van der Waals surface area (Å²) in [7, 11) is 0. The fraction of sp³-hybridized carbons (Fsp3) is 0.0476. The van der Waals surface area contributed by atoms with E-state index in [-0.39, 0.29) is 5.41 Å². The van der Waals surface area contributed by atoms with Gasteiger partial charge in [-0.2, -0.15) is 0 Å². The molecule has 0 atom stereocenters. The second-order valence-electron chi connectivity index (χ2n) is 35.5. The van der Waals surface area contributed by atoms with Gasteiger partial charge in [0.05, 0.1) is 33.1 Å². The van der Waals surface area contributed by atoms with E-state index < -0.39 is 0 Å². The van der Waals surface area contributed by atoms with E-state index >= 15 is 0 Å². The summed E-state index contributed by atoms with van der Waals surface area (Å²) in [6.45, 7) is 11.3. The van der Waals surface area contributed by atoms with Crippen LogP contribution < -0.4 is 0 Å². The monoisotopic (exact) mass is 1650 g/mol. The number of aryl methyl sites for hydroxylation is 2. The van der Waals surface area contributed by atoms with E-state index in [0.29, 0.717) is 0 Å². The molecule has 3 aromatic heterocycles. The smallest absolute Gasteiger partial charge is 0.0541 e. The molecule has 0 unspecified atom stereocenters. The van der Waals surface area contributed by atoms with Crippen LogP contribution in [0.15, 0.2) is 461 Å². The van der Waals surface area contributed by atoms with Gasteiger partial charge in [0.2, 0.25) is 0 Å². The molecule has 0 aliphatic heterocycles. The molecule has 3 nitrogen and oxygen atoms in total. The zero-order valence-electron chi connectivity index (χ0n) is 72.7. The van der Waals surface area contributed by atoms with Crippen LogP contribution in [-0.2, 0) is 5.41 Å². The first-order valence-corrected chi connectivity index (χ1v) is 44.9. The highest BCUT2D eigenvalue weighted by Crippen LogP contribution is 2.46. The minimum absolute atomic E-state index is 0.0905. The van der Waals surface area contributed by atoms with Crippen LogP contribution in [0.5, 0.6) is 0 Å². The van der Waals surface area contributed by atoms with Crippen LogP contribution in [0.3, 0.4) is 0 Å². The predicted molar refractivity (Wildman–Crippen MR) is 554 cm³/mol. The fourth-order valence-corrected chi connectivity index (χ4v) is 20.4. The third-order valence-corrected chi connectivity index (χ3v) is 26.7. The summed E-state index contributed by atoms with van der Waals surface area (Å²) in [5.41, 5.74) is 32.4. The topological polar surface area (TPSA) is 14.8 Å². The highest BCUT2D eigenvalue weighted by atomic mass is 15.0. The standard InChI is InChI=1S/C44H29N.C42H33N.C40H29N/c1-2-16-36(17-3-1)45-43-23-9-8-20-41(43)42-29-32(24-25-44(42)45)33-26-34(39-21-10-14-30-12-4-6-18-37(30)39)28-35(27-33)40-22-11-15-31-13-5-7-19-38(31)40;1-42(2,3)32-12-10-13-33(27-32)43-40-18-9-8-17-37(40)39-25-30(23-24-41(39)43)28-19-21-29(22-20-28)38-26-31-11-4-5-14-34(31)35-15-6-7-16-36(35)38;1-26-23-36(37-24-28-12-6-7-15-31(28)32-16-8-9-17-33(32)37)27(2)22-35(26)29-20-21-40-38(25-29)34-18-10-11-19-39(34)41(40)30-13-4-3-5-14-30/h1-29H;4-27H,1-3H3;3-25H,1-2H3. The Kier molecular flexibility index (Phi) is 19.3. The number of nitrogens with zero attached hydrogens (tertiary/aromatic N) is 3. The minimum atomic E-state index is 0.0905. The summed E-state index contributed by atoms with van der Waals surface area (Å²) in [6, 6.07) is 169. The van der Waals surface area contributed by atoms with Crippen LogP contribution in [0, 0.1) is 13.8 Å². The normalized spacial score (nSPS) is 11.8. The Morgan fingerprint density at radius 2 is 0.481 bits per heavy atom. The zero-order valence-corrected chi connectivity index (χ0v) is 72.7. The Hall–Kier alpha value is -16.2. The molecule has 25 aromatic rings. The summed E-state index contributed by atoms with van der Waals surface area (Å²) in [4.78, 5) is 0. The number of benzene rings is 22. The van der Waals surface area contributed by atoms with Crippen LogP contribution in [0.25, 0.3) is 225 Å². The summed E-state index contributed by atoms with van der Waals surface area (Å²) < 4.78 is 7.17. The Balaban J connectivity index is 0.000000111. The SMILES string of the molecule is CC(C)(C)c1cccc(-n2c3ccccc3c3cc(-c4ccc(-c5cc6ccccc6c6ccccc56)cc4)ccc32)c1.Cc1cc(-c2cc3ccccc3c3ccccc23)c(C)cc1-c1ccc2c(c1)c1ccccc1n2-c1ccccc1.c1ccc(-n2c3ccccc3c3cc(-c4cc(-c5cccc6ccccc56)cc(-c5cccc6ccccc56)c4)ccc32)cc1. The van der Waals surface area contributed by atoms with Gasteiger partial charge in [0.15, 0.2) is 0 Å². The zero-order chi connectivity index (χ0) is 86.4. The lowest BCUT2D eigenvalue weighted by molar-refractivity contribution is 0.590. The molecule has 22 aromatic carbocycles. The van der Waals surface area contributed by atoms with Crippen molar-refractivity contribution in [1.82, 2.24) is 13.7 Å². The number of aromatic nitrogens is 3. The van der Waals surface area contributed by atoms with Crippen molar-refractivity contribution in [1.29, 1.82) is 0 Å². The molecule has 25 rings (SSSR count). The molecule has 0 aliphatic carbocycles. The molecular weight excluding hydrogens is 1560 g/mol. The molecule has 0 amide bonds. The van der Waals surface area contributed by atoms with Crippen molar-refractivity contribution >= 4 is 130 Å². The van der Waals surface area contributed by atoms with E-state index in [9.17, 15) is 0 Å². The molecule has 0 aliphatic rings. The maximum absolute atomic E-state index is 2.41. The Labute approximate surface area is 751 Å². The van der Waals surface area contributed by atoms with Gasteiger partial charge in [0.25, 0.3) is 0 Å². The summed E-state index contributed by atoms with van der Waals surface area (Å²) in [5, 5.41) is 23.0. The maximum Gasteiger partial charge on any atom is 0.0541 e. The van der Waals surface area contributed by atoms with Crippen LogP contribution in [-0.4, -0.2) is 13.7 Å². The molecular formula is C126H91N3. The first kappa shape index (κ1) is 77.6. The van der Waals surface area contributed by atoms with Gasteiger partial charge in [-0.3, -0.25) is 0 Å². The number of para-hydroxylation sites is 5. The molecule has 0 fully saturated rings. The highest BCUT2D eigenvalue weighted by Gasteiger charge is 2.23. The van der Waals surface area contributed by atoms with Crippen molar-refractivity contribution in [2.75, 3.05) is 0 Å². The summed E-state index contributed by atoms with van der Waals surface area (Å²) in [5.74, 6) is 0. The van der Waals surface area contributed by atoms with Crippen LogP contribution in [0.1, 0.15) is 37.5 Å². The molecule has 129 heavy (non-hydrogen) atoms. The lowest BCUT2D eigenvalue weighted by Gasteiger charge is -2.20. The number of hydrogen-bond donors (Lipinski definition) is 0. The van der Waals surface area contributed by atoms with E-state index in [4.69, 9.17) is 0 Å². The largest absolute Gasteiger partial charge is 0.309 e. The van der Waals surface area contributed by atoms with Gasteiger partial charge in [0, 0.05) is 49.4 Å². The number of fused-ring (bicyclic) bond motifs is 17. The van der Waals surface area contributed by atoms with Gasteiger partial charge in [-0.1, -0.05) is 360 Å². The van der Waals surface area contributed by atoms with Crippen molar-refractivity contribution in [3.63, 3.8) is 0 Å². The van der Waals surface area contributed by atoms with E-state index in [0.717, 1.165) is 0 Å². The Morgan fingerprint density at radius 3 is 0.977 bits per heavy atom. The van der Waals surface area contributed by atoms with Crippen LogP contribution in [0.4, 0.5) is 0 Å². The molecule has 610 valence electrons. The summed E-state index contributed by atoms with van der Waals surface area (Å²) in [6.07, 6.45) is 0. The average Bonchev–Trinajstić information content (AvgIpc) is 1.66. The summed E-state index contributed by atoms with van der Waals surface area (Å²) >= 11 is 0. The van der Waals surface area contributed by atoms with Gasteiger partial charge < -0.3 is 13.7 Å². The number of hydrogen-bond acceptors (Lipinski definition) is 0. The van der Waals surface area contributed by atoms with E-state index in [1.807, 2.05) is 0 Å². The highest BCUT2D eigenvalue weighted by molar-refractivity contribution is 6.18. The molecule has 0 bridgehead atoms. The van der Waals surface area contributed by atoms with Gasteiger partial charge in [-0.15, -0.1) is 0 Å². The van der Waals surface area contributed by atoms with Crippen molar-refractivity contribution < 1.29 is 0 Å². The third kappa shape index (κ3) is 13.9. The molecule has 0 spiro atoms. The minimum Gasteiger partial charge on any atom is -0.309 e. The second kappa shape index (κ2) is 32.1. The third-order valence-electron chi connectivity index (χ3n) is 26.7. The van der Waals surface area contributed by atoms with Crippen molar-refractivity contribution in [3.8, 4) is 95.0 Å². The molecule has 0 saturated heterocycles. The Morgan fingerprint density at radius 1 is 0.155 bits per heavy atom. The molecule has 3 heterocycles. The van der Waals surface area contributed by atoms with E-state index in [1.54, 1.807) is 0 Å². The van der Waals surface area contributed by atoms with Gasteiger partial charge >= 0.3 is 0 Å². The second-order valence-corrected chi connectivity index (χ2v) is 35.5. The molecule has 0 radical (unpaired) electrons. The van der Waals surface area contributed by atoms with Crippen molar-refractivity contribution in [3.05, 3.63) is 478 Å². The van der Waals surface area contributed by atoms with Crippen molar-refractivity contribution in [2.24, 2.45) is 0 Å². The first-order chi connectivity index (χ1) is 63.4. The fourth-order valence-electron chi connectivity index (χ4n) is 20.4. The lowest BCUT2D eigenvalue weighted by Crippen LogP contribution is -2.11. The van der Waals surface area contributed by atoms with Gasteiger partial charge in [-0.25, -0.2) is 0 Å². The average molecular weight is 1650 g/mol. The van der Waals surface area contributed by atoms with Crippen LogP contribution in [0.2, 0.25) is 0 Å². The van der Waals surface area contributed by atoms with Crippen LogP contribution >= 0.6 is 0 Å². The molecule has 0 N–H and O–H groups in total. The predicted octanol–water partition coefficient (Wildman–Crippen LogP) is 34.9. The lowest BCUT2D eigenvalue weighted by atomic mass is 9.87. The maximum atomic E-state index is 2.41. The van der Waals surface area contributed by atoms with E-state index in [1.165, 1.54) is 242 Å². The quantitative estimate of drug-likeness (QED) is 0.121. The van der Waals surface area contributed by atoms with Crippen molar-refractivity contribution in [2.45, 2.75) is 40.0 Å².